The molecule has 1 nitrogen and oxygen atoms in total. The molecule has 0 aromatic heterocycles. The first-order chi connectivity index (χ1) is 10.2. The smallest absolute Gasteiger partial charge is 0.129 e. The first-order valence-corrected chi connectivity index (χ1v) is 8.16. The number of halogens is 2. The van der Waals surface area contributed by atoms with Gasteiger partial charge in [-0.25, -0.2) is 0 Å². The molecule has 0 unspecified atom stereocenters. The lowest BCUT2D eigenvalue weighted by Crippen LogP contribution is -1.88. The Labute approximate surface area is 136 Å². The Morgan fingerprint density at radius 1 is 0.810 bits per heavy atom. The van der Waals surface area contributed by atoms with Gasteiger partial charge < -0.3 is 4.74 Å². The summed E-state index contributed by atoms with van der Waals surface area (Å²) in [5, 5.41) is 1.04. The zero-order valence-corrected chi connectivity index (χ0v) is 13.8. The fourth-order valence-electron chi connectivity index (χ4n) is 2.16. The Bertz CT molecular complexity index is 564. The summed E-state index contributed by atoms with van der Waals surface area (Å²) in [5.41, 5.74) is 1.35. The van der Waals surface area contributed by atoms with Crippen LogP contribution in [-0.4, -0.2) is 0 Å². The van der Waals surface area contributed by atoms with Gasteiger partial charge in [-0.15, -0.1) is 0 Å². The fourth-order valence-corrected chi connectivity index (χ4v) is 2.44. The average Bonchev–Trinajstić information content (AvgIpc) is 2.49. The molecule has 0 atom stereocenters. The van der Waals surface area contributed by atoms with Gasteiger partial charge in [0, 0.05) is 6.07 Å². The first-order valence-electron chi connectivity index (χ1n) is 7.41. The second kappa shape index (κ2) is 8.31. The van der Waals surface area contributed by atoms with Crippen molar-refractivity contribution in [2.24, 2.45) is 0 Å². The van der Waals surface area contributed by atoms with Crippen LogP contribution in [0.3, 0.4) is 0 Å². The second-order valence-corrected chi connectivity index (χ2v) is 5.95. The Hall–Kier alpha value is -1.18. The molecule has 2 aromatic rings. The minimum atomic E-state index is 0.502. The van der Waals surface area contributed by atoms with Crippen molar-refractivity contribution in [3.8, 4) is 11.5 Å². The molecule has 0 aliphatic carbocycles. The molecule has 2 rings (SSSR count). The number of unbranched alkanes of at least 4 members (excludes halogenated alkanes) is 3. The van der Waals surface area contributed by atoms with Gasteiger partial charge in [-0.2, -0.15) is 0 Å². The molecule has 0 radical (unpaired) electrons. The van der Waals surface area contributed by atoms with Crippen LogP contribution in [0, 0.1) is 0 Å². The van der Waals surface area contributed by atoms with Gasteiger partial charge in [-0.1, -0.05) is 61.5 Å². The summed E-state index contributed by atoms with van der Waals surface area (Å²) >= 11 is 11.9. The Kier molecular flexibility index (Phi) is 6.41. The molecule has 0 saturated heterocycles. The van der Waals surface area contributed by atoms with E-state index >= 15 is 0 Å². The molecular formula is C18H20Cl2O. The molecule has 0 aliphatic heterocycles. The van der Waals surface area contributed by atoms with Crippen LogP contribution in [0.1, 0.15) is 38.2 Å². The highest BCUT2D eigenvalue weighted by atomic mass is 35.5. The van der Waals surface area contributed by atoms with Crippen molar-refractivity contribution in [2.75, 3.05) is 0 Å². The van der Waals surface area contributed by atoms with Crippen molar-refractivity contribution in [1.82, 2.24) is 0 Å². The lowest BCUT2D eigenvalue weighted by molar-refractivity contribution is 0.482. The second-order valence-electron chi connectivity index (χ2n) is 5.13. The molecule has 112 valence electrons. The number of ether oxygens (including phenoxy) is 1. The van der Waals surface area contributed by atoms with Crippen molar-refractivity contribution in [3.05, 3.63) is 58.1 Å². The molecule has 0 N–H and O–H groups in total. The van der Waals surface area contributed by atoms with Crippen molar-refractivity contribution < 1.29 is 4.74 Å². The first kappa shape index (κ1) is 16.2. The topological polar surface area (TPSA) is 9.23 Å². The van der Waals surface area contributed by atoms with E-state index in [4.69, 9.17) is 27.9 Å². The number of hydrogen-bond acceptors (Lipinski definition) is 1. The lowest BCUT2D eigenvalue weighted by Gasteiger charge is -2.08. The van der Waals surface area contributed by atoms with Crippen LogP contribution >= 0.6 is 23.2 Å². The maximum atomic E-state index is 5.98. The number of benzene rings is 2. The molecule has 0 aliphatic rings. The third-order valence-electron chi connectivity index (χ3n) is 3.37. The van der Waals surface area contributed by atoms with Crippen molar-refractivity contribution in [3.63, 3.8) is 0 Å². The van der Waals surface area contributed by atoms with E-state index in [1.807, 2.05) is 18.2 Å². The van der Waals surface area contributed by atoms with Gasteiger partial charge in [0.05, 0.1) is 10.0 Å². The predicted octanol–water partition coefficient (Wildman–Crippen LogP) is 6.91. The van der Waals surface area contributed by atoms with E-state index < -0.39 is 0 Å². The van der Waals surface area contributed by atoms with Crippen LogP contribution in [0.5, 0.6) is 11.5 Å². The van der Waals surface area contributed by atoms with Crippen LogP contribution in [-0.2, 0) is 6.42 Å². The summed E-state index contributed by atoms with van der Waals surface area (Å²) in [6, 6.07) is 13.5. The largest absolute Gasteiger partial charge is 0.457 e. The van der Waals surface area contributed by atoms with Crippen molar-refractivity contribution >= 4 is 23.2 Å². The quantitative estimate of drug-likeness (QED) is 0.503. The number of aryl methyl sites for hydroxylation is 1. The minimum absolute atomic E-state index is 0.502. The average molecular weight is 323 g/mol. The van der Waals surface area contributed by atoms with E-state index in [0.29, 0.717) is 15.8 Å². The molecule has 2 aromatic carbocycles. The van der Waals surface area contributed by atoms with Gasteiger partial charge in [-0.05, 0) is 42.7 Å². The van der Waals surface area contributed by atoms with Crippen LogP contribution < -0.4 is 4.74 Å². The van der Waals surface area contributed by atoms with Gasteiger partial charge in [0.15, 0.2) is 0 Å². The maximum Gasteiger partial charge on any atom is 0.129 e. The highest BCUT2D eigenvalue weighted by Crippen LogP contribution is 2.29. The summed E-state index contributed by atoms with van der Waals surface area (Å²) < 4.78 is 5.77. The maximum absolute atomic E-state index is 5.98. The van der Waals surface area contributed by atoms with E-state index in [1.54, 1.807) is 12.1 Å². The van der Waals surface area contributed by atoms with Crippen LogP contribution in [0.2, 0.25) is 10.0 Å². The third-order valence-corrected chi connectivity index (χ3v) is 4.11. The van der Waals surface area contributed by atoms with Crippen LogP contribution in [0.15, 0.2) is 42.5 Å². The lowest BCUT2D eigenvalue weighted by atomic mass is 10.1. The van der Waals surface area contributed by atoms with E-state index in [9.17, 15) is 0 Å². The minimum Gasteiger partial charge on any atom is -0.457 e. The Morgan fingerprint density at radius 2 is 1.52 bits per heavy atom. The van der Waals surface area contributed by atoms with E-state index in [1.165, 1.54) is 31.2 Å². The van der Waals surface area contributed by atoms with Gasteiger partial charge in [0.2, 0.25) is 0 Å². The summed E-state index contributed by atoms with van der Waals surface area (Å²) in [5.74, 6) is 1.51. The van der Waals surface area contributed by atoms with Crippen molar-refractivity contribution in [1.29, 1.82) is 0 Å². The standard InChI is InChI=1S/C18H20Cl2O/c1-2-3-4-5-6-14-7-9-15(10-8-14)21-16-11-12-17(19)18(20)13-16/h7-13H,2-6H2,1H3. The van der Waals surface area contributed by atoms with E-state index in [-0.39, 0.29) is 0 Å². The highest BCUT2D eigenvalue weighted by molar-refractivity contribution is 6.42. The highest BCUT2D eigenvalue weighted by Gasteiger charge is 2.02. The summed E-state index contributed by atoms with van der Waals surface area (Å²) in [4.78, 5) is 0. The number of rotatable bonds is 7. The van der Waals surface area contributed by atoms with E-state index in [0.717, 1.165) is 12.2 Å². The monoisotopic (exact) mass is 322 g/mol. The van der Waals surface area contributed by atoms with Gasteiger partial charge in [-0.3, -0.25) is 0 Å². The fraction of sp³-hybridized carbons (Fsp3) is 0.333. The molecule has 0 fully saturated rings. The van der Waals surface area contributed by atoms with Crippen LogP contribution in [0.4, 0.5) is 0 Å². The van der Waals surface area contributed by atoms with Crippen molar-refractivity contribution in [2.45, 2.75) is 39.0 Å². The molecule has 0 bridgehead atoms. The summed E-state index contributed by atoms with van der Waals surface area (Å²) in [6.07, 6.45) is 6.28. The summed E-state index contributed by atoms with van der Waals surface area (Å²) in [6.45, 7) is 2.23. The van der Waals surface area contributed by atoms with Gasteiger partial charge >= 0.3 is 0 Å². The predicted molar refractivity (Wildman–Crippen MR) is 90.8 cm³/mol. The molecule has 0 spiro atoms. The van der Waals surface area contributed by atoms with Gasteiger partial charge in [0.1, 0.15) is 11.5 Å². The zero-order valence-electron chi connectivity index (χ0n) is 12.2. The van der Waals surface area contributed by atoms with E-state index in [2.05, 4.69) is 19.1 Å². The molecule has 0 saturated carbocycles. The Balaban J connectivity index is 1.91. The molecule has 0 heterocycles. The summed E-state index contributed by atoms with van der Waals surface area (Å²) in [7, 11) is 0. The SMILES string of the molecule is CCCCCCc1ccc(Oc2ccc(Cl)c(Cl)c2)cc1. The molecule has 0 amide bonds. The number of hydrogen-bond donors (Lipinski definition) is 0. The molecule has 3 heteroatoms. The van der Waals surface area contributed by atoms with Crippen LogP contribution in [0.25, 0.3) is 0 Å². The zero-order chi connectivity index (χ0) is 15.1. The molecule has 21 heavy (non-hydrogen) atoms. The third kappa shape index (κ3) is 5.26. The Morgan fingerprint density at radius 3 is 2.19 bits per heavy atom. The normalized spacial score (nSPS) is 10.6. The van der Waals surface area contributed by atoms with Gasteiger partial charge in [0.25, 0.3) is 0 Å². The molecular weight excluding hydrogens is 303 g/mol.